The molecule has 1 heterocycles. The van der Waals surface area contributed by atoms with Crippen LogP contribution in [0.15, 0.2) is 76.8 Å². The van der Waals surface area contributed by atoms with E-state index < -0.39 is 23.7 Å². The first-order valence-corrected chi connectivity index (χ1v) is 10.9. The van der Waals surface area contributed by atoms with Crippen LogP contribution in [-0.4, -0.2) is 25.0 Å². The topological polar surface area (TPSA) is 84.9 Å². The average molecular weight is 525 g/mol. The number of para-hydroxylation sites is 1. The maximum atomic E-state index is 14.2. The first-order chi connectivity index (χ1) is 16.4. The van der Waals surface area contributed by atoms with Crippen LogP contribution in [0, 0.1) is 5.82 Å². The maximum Gasteiger partial charge on any atom is 0.336 e. The van der Waals surface area contributed by atoms with Crippen molar-refractivity contribution in [3.63, 3.8) is 0 Å². The highest BCUT2D eigenvalue weighted by atomic mass is 79.9. The lowest BCUT2D eigenvalue weighted by molar-refractivity contribution is -0.122. The lowest BCUT2D eigenvalue weighted by Crippen LogP contribution is -2.54. The molecule has 0 radical (unpaired) electrons. The van der Waals surface area contributed by atoms with Crippen LogP contribution in [0.1, 0.15) is 11.1 Å². The standard InChI is InChI=1S/C25H18BrFN2O5/c1-33-21-13-16(12-18(26)22(21)34-14-15-7-3-2-4-8-15)11-17-23(30)28-25(32)29(24(17)31)20-10-6-5-9-19(20)27/h2-13H,14H2,1H3,(H,28,30,32)/b17-11-. The highest BCUT2D eigenvalue weighted by molar-refractivity contribution is 9.10. The lowest BCUT2D eigenvalue weighted by atomic mass is 10.1. The molecule has 34 heavy (non-hydrogen) atoms. The summed E-state index contributed by atoms with van der Waals surface area (Å²) in [6.07, 6.45) is 1.30. The van der Waals surface area contributed by atoms with E-state index in [2.05, 4.69) is 21.2 Å². The Morgan fingerprint density at radius 2 is 1.74 bits per heavy atom. The summed E-state index contributed by atoms with van der Waals surface area (Å²) in [5, 5.41) is 2.07. The van der Waals surface area contributed by atoms with Crippen molar-refractivity contribution in [3.8, 4) is 11.5 Å². The second-order valence-electron chi connectivity index (χ2n) is 7.22. The van der Waals surface area contributed by atoms with E-state index in [1.807, 2.05) is 30.3 Å². The van der Waals surface area contributed by atoms with Gasteiger partial charge in [-0.1, -0.05) is 42.5 Å². The quantitative estimate of drug-likeness (QED) is 0.368. The molecule has 1 aliphatic rings. The molecule has 1 fully saturated rings. The Kier molecular flexibility index (Phi) is 6.74. The van der Waals surface area contributed by atoms with Gasteiger partial charge in [-0.05, 0) is 57.4 Å². The van der Waals surface area contributed by atoms with Gasteiger partial charge >= 0.3 is 6.03 Å². The monoisotopic (exact) mass is 524 g/mol. The van der Waals surface area contributed by atoms with Gasteiger partial charge in [0.25, 0.3) is 11.8 Å². The van der Waals surface area contributed by atoms with Crippen molar-refractivity contribution in [2.45, 2.75) is 6.61 Å². The Morgan fingerprint density at radius 3 is 2.44 bits per heavy atom. The summed E-state index contributed by atoms with van der Waals surface area (Å²) in [4.78, 5) is 38.3. The molecule has 0 spiro atoms. The number of carbonyl (C=O) groups excluding carboxylic acids is 3. The fourth-order valence-electron chi connectivity index (χ4n) is 3.37. The lowest BCUT2D eigenvalue weighted by Gasteiger charge is -2.26. The first kappa shape index (κ1) is 23.2. The third-order valence-corrected chi connectivity index (χ3v) is 5.57. The SMILES string of the molecule is COc1cc(/C=C2/C(=O)NC(=O)N(c3ccccc3F)C2=O)cc(Br)c1OCc1ccccc1. The Labute approximate surface area is 202 Å². The molecule has 1 N–H and O–H groups in total. The molecule has 0 atom stereocenters. The zero-order chi connectivity index (χ0) is 24.2. The fraction of sp³-hybridized carbons (Fsp3) is 0.0800. The Bertz CT molecular complexity index is 1310. The molecule has 0 aromatic heterocycles. The summed E-state index contributed by atoms with van der Waals surface area (Å²) in [6.45, 7) is 0.302. The van der Waals surface area contributed by atoms with Gasteiger partial charge in [-0.25, -0.2) is 14.1 Å². The van der Waals surface area contributed by atoms with Gasteiger partial charge in [-0.15, -0.1) is 0 Å². The number of anilines is 1. The van der Waals surface area contributed by atoms with E-state index in [0.29, 0.717) is 33.0 Å². The summed E-state index contributed by atoms with van der Waals surface area (Å²) >= 11 is 3.44. The number of nitrogens with zero attached hydrogens (tertiary/aromatic N) is 1. The van der Waals surface area contributed by atoms with Crippen LogP contribution in [0.3, 0.4) is 0 Å². The van der Waals surface area contributed by atoms with Crippen LogP contribution < -0.4 is 19.7 Å². The number of hydrogen-bond donors (Lipinski definition) is 1. The molecular formula is C25H18BrFN2O5. The van der Waals surface area contributed by atoms with Gasteiger partial charge in [-0.3, -0.25) is 14.9 Å². The van der Waals surface area contributed by atoms with Gasteiger partial charge in [0, 0.05) is 0 Å². The van der Waals surface area contributed by atoms with Gasteiger partial charge in [0.15, 0.2) is 11.5 Å². The number of methoxy groups -OCH3 is 1. The van der Waals surface area contributed by atoms with Crippen LogP contribution >= 0.6 is 15.9 Å². The number of barbiturate groups is 1. The number of imide groups is 2. The van der Waals surface area contributed by atoms with Crippen LogP contribution in [-0.2, 0) is 16.2 Å². The summed E-state index contributed by atoms with van der Waals surface area (Å²) in [5.74, 6) is -1.80. The highest BCUT2D eigenvalue weighted by Gasteiger charge is 2.38. The maximum absolute atomic E-state index is 14.2. The Morgan fingerprint density at radius 1 is 1.03 bits per heavy atom. The van der Waals surface area contributed by atoms with Gasteiger partial charge in [0.1, 0.15) is 18.0 Å². The third-order valence-electron chi connectivity index (χ3n) is 4.98. The van der Waals surface area contributed by atoms with Crippen molar-refractivity contribution in [3.05, 3.63) is 93.7 Å². The zero-order valence-corrected chi connectivity index (χ0v) is 19.5. The molecule has 3 aromatic rings. The van der Waals surface area contributed by atoms with E-state index in [4.69, 9.17) is 9.47 Å². The molecular weight excluding hydrogens is 507 g/mol. The second-order valence-corrected chi connectivity index (χ2v) is 8.07. The van der Waals surface area contributed by atoms with E-state index in [1.54, 1.807) is 12.1 Å². The van der Waals surface area contributed by atoms with Crippen molar-refractivity contribution in [2.24, 2.45) is 0 Å². The molecule has 1 aliphatic heterocycles. The Hall–Kier alpha value is -3.98. The average Bonchev–Trinajstić information content (AvgIpc) is 2.82. The molecule has 0 aliphatic carbocycles. The van der Waals surface area contributed by atoms with E-state index in [0.717, 1.165) is 11.6 Å². The number of ether oxygens (including phenoxy) is 2. The van der Waals surface area contributed by atoms with Gasteiger partial charge in [-0.2, -0.15) is 0 Å². The number of nitrogens with one attached hydrogen (secondary N) is 1. The number of benzene rings is 3. The normalized spacial score (nSPS) is 14.9. The minimum atomic E-state index is -1.03. The number of carbonyl (C=O) groups is 3. The van der Waals surface area contributed by atoms with E-state index in [1.165, 1.54) is 31.4 Å². The molecule has 1 saturated heterocycles. The van der Waals surface area contributed by atoms with Crippen molar-refractivity contribution in [1.29, 1.82) is 0 Å². The smallest absolute Gasteiger partial charge is 0.336 e. The van der Waals surface area contributed by atoms with Crippen LogP contribution in [0.25, 0.3) is 6.08 Å². The van der Waals surface area contributed by atoms with Gasteiger partial charge in [0.2, 0.25) is 0 Å². The number of halogens is 2. The second kappa shape index (κ2) is 9.88. The molecule has 7 nitrogen and oxygen atoms in total. The molecule has 3 aromatic carbocycles. The summed E-state index contributed by atoms with van der Waals surface area (Å²) in [5.41, 5.74) is 0.795. The van der Waals surface area contributed by atoms with Crippen LogP contribution in [0.5, 0.6) is 11.5 Å². The Balaban J connectivity index is 1.66. The van der Waals surface area contributed by atoms with E-state index >= 15 is 0 Å². The van der Waals surface area contributed by atoms with Crippen molar-refractivity contribution < 1.29 is 28.2 Å². The van der Waals surface area contributed by atoms with Crippen molar-refractivity contribution in [1.82, 2.24) is 5.32 Å². The molecule has 0 unspecified atom stereocenters. The number of rotatable bonds is 6. The van der Waals surface area contributed by atoms with Crippen molar-refractivity contribution in [2.75, 3.05) is 12.0 Å². The van der Waals surface area contributed by atoms with Crippen LogP contribution in [0.2, 0.25) is 0 Å². The molecule has 4 amide bonds. The molecule has 0 saturated carbocycles. The summed E-state index contributed by atoms with van der Waals surface area (Å²) in [6, 6.07) is 17.1. The molecule has 4 rings (SSSR count). The fourth-order valence-corrected chi connectivity index (χ4v) is 3.94. The predicted octanol–water partition coefficient (Wildman–Crippen LogP) is 4.84. The molecule has 172 valence electrons. The number of hydrogen-bond acceptors (Lipinski definition) is 5. The number of amides is 4. The minimum Gasteiger partial charge on any atom is -0.493 e. The van der Waals surface area contributed by atoms with Crippen molar-refractivity contribution >= 4 is 45.5 Å². The van der Waals surface area contributed by atoms with Gasteiger partial charge in [0.05, 0.1) is 17.3 Å². The summed E-state index contributed by atoms with van der Waals surface area (Å²) < 4.78 is 26.1. The summed E-state index contributed by atoms with van der Waals surface area (Å²) in [7, 11) is 1.46. The molecule has 0 bridgehead atoms. The third kappa shape index (κ3) is 4.69. The van der Waals surface area contributed by atoms with Crippen LogP contribution in [0.4, 0.5) is 14.9 Å². The minimum absolute atomic E-state index is 0.258. The van der Waals surface area contributed by atoms with E-state index in [9.17, 15) is 18.8 Å². The molecule has 9 heteroatoms. The zero-order valence-electron chi connectivity index (χ0n) is 17.9. The first-order valence-electron chi connectivity index (χ1n) is 10.1. The van der Waals surface area contributed by atoms with Gasteiger partial charge < -0.3 is 9.47 Å². The highest BCUT2D eigenvalue weighted by Crippen LogP contribution is 2.38. The van der Waals surface area contributed by atoms with E-state index in [-0.39, 0.29) is 11.3 Å². The largest absolute Gasteiger partial charge is 0.493 e. The predicted molar refractivity (Wildman–Crippen MR) is 127 cm³/mol. The number of urea groups is 1.